The molecule has 0 aliphatic carbocycles. The molecule has 2 rings (SSSR count). The lowest BCUT2D eigenvalue weighted by Crippen LogP contribution is -2.38. The maximum absolute atomic E-state index is 12.9. The van der Waals surface area contributed by atoms with Crippen LogP contribution >= 0.6 is 0 Å². The number of hydrogen-bond donors (Lipinski definition) is 1. The Morgan fingerprint density at radius 1 is 1.06 bits per heavy atom. The van der Waals surface area contributed by atoms with Gasteiger partial charge in [-0.15, -0.1) is 0 Å². The molecule has 0 unspecified atom stereocenters. The molecule has 2 amide bonds. The van der Waals surface area contributed by atoms with E-state index in [2.05, 4.69) is 5.32 Å². The van der Waals surface area contributed by atoms with Gasteiger partial charge in [0.15, 0.2) is 0 Å². The van der Waals surface area contributed by atoms with E-state index in [0.717, 1.165) is 37.5 Å². The number of carbonyl (C=O) groups is 1. The first-order chi connectivity index (χ1) is 8.15. The summed E-state index contributed by atoms with van der Waals surface area (Å²) in [4.78, 5) is 13.4. The lowest BCUT2D eigenvalue weighted by Gasteiger charge is -2.26. The number of carbonyl (C=O) groups excluding carboxylic acids is 1. The Labute approximate surface area is 98.4 Å². The minimum Gasteiger partial charge on any atom is -0.325 e. The summed E-state index contributed by atoms with van der Waals surface area (Å²) in [5.74, 6) is -1.39. The van der Waals surface area contributed by atoms with Crippen LogP contribution in [0, 0.1) is 11.6 Å². The van der Waals surface area contributed by atoms with Gasteiger partial charge in [-0.3, -0.25) is 0 Å². The highest BCUT2D eigenvalue weighted by molar-refractivity contribution is 5.89. The van der Waals surface area contributed by atoms with Gasteiger partial charge in [-0.05, 0) is 31.4 Å². The predicted octanol–water partition coefficient (Wildman–Crippen LogP) is 2.98. The molecule has 0 saturated carbocycles. The Kier molecular flexibility index (Phi) is 3.56. The first-order valence-electron chi connectivity index (χ1n) is 5.67. The van der Waals surface area contributed by atoms with Crippen molar-refractivity contribution >= 4 is 11.7 Å². The fourth-order valence-corrected chi connectivity index (χ4v) is 1.93. The highest BCUT2D eigenvalue weighted by atomic mass is 19.1. The van der Waals surface area contributed by atoms with E-state index in [1.54, 1.807) is 4.90 Å². The summed E-state index contributed by atoms with van der Waals surface area (Å²) in [6.07, 6.45) is 3.08. The zero-order valence-corrected chi connectivity index (χ0v) is 9.38. The first kappa shape index (κ1) is 11.8. The summed E-state index contributed by atoms with van der Waals surface area (Å²) in [5.41, 5.74) is 0.151. The number of nitrogens with one attached hydrogen (secondary N) is 1. The molecule has 1 heterocycles. The summed E-state index contributed by atoms with van der Waals surface area (Å²) >= 11 is 0. The number of likely N-dealkylation sites (tertiary alicyclic amines) is 1. The third-order valence-corrected chi connectivity index (χ3v) is 2.76. The van der Waals surface area contributed by atoms with E-state index in [0.29, 0.717) is 13.1 Å². The molecule has 0 radical (unpaired) electrons. The second kappa shape index (κ2) is 5.12. The van der Waals surface area contributed by atoms with Gasteiger partial charge in [-0.1, -0.05) is 0 Å². The Hall–Kier alpha value is -1.65. The third kappa shape index (κ3) is 3.15. The molecule has 0 aromatic heterocycles. The number of rotatable bonds is 1. The molecule has 92 valence electrons. The van der Waals surface area contributed by atoms with Crippen molar-refractivity contribution in [2.24, 2.45) is 0 Å². The van der Waals surface area contributed by atoms with Crippen LogP contribution in [0.2, 0.25) is 0 Å². The second-order valence-corrected chi connectivity index (χ2v) is 4.14. The standard InChI is InChI=1S/C12H14F2N2O/c13-9-6-10(14)8-11(7-9)15-12(17)16-4-2-1-3-5-16/h6-8H,1-5H2,(H,15,17). The molecule has 0 bridgehead atoms. The normalized spacial score (nSPS) is 15.8. The fourth-order valence-electron chi connectivity index (χ4n) is 1.93. The minimum absolute atomic E-state index is 0.151. The summed E-state index contributed by atoms with van der Waals surface area (Å²) < 4.78 is 25.8. The Balaban J connectivity index is 2.01. The molecule has 5 heteroatoms. The molecule has 0 atom stereocenters. The lowest BCUT2D eigenvalue weighted by molar-refractivity contribution is 0.200. The van der Waals surface area contributed by atoms with Crippen molar-refractivity contribution in [1.29, 1.82) is 0 Å². The number of amides is 2. The molecular weight excluding hydrogens is 226 g/mol. The average Bonchev–Trinajstić information content (AvgIpc) is 2.28. The maximum atomic E-state index is 12.9. The van der Waals surface area contributed by atoms with Gasteiger partial charge in [0.25, 0.3) is 0 Å². The van der Waals surface area contributed by atoms with Crippen LogP contribution in [0.4, 0.5) is 19.3 Å². The van der Waals surface area contributed by atoms with Gasteiger partial charge in [0.1, 0.15) is 11.6 Å². The number of nitrogens with zero attached hydrogens (tertiary/aromatic N) is 1. The summed E-state index contributed by atoms with van der Waals surface area (Å²) in [6, 6.07) is 2.68. The van der Waals surface area contributed by atoms with Crippen LogP contribution in [-0.4, -0.2) is 24.0 Å². The molecule has 0 spiro atoms. The van der Waals surface area contributed by atoms with Crippen LogP contribution in [-0.2, 0) is 0 Å². The van der Waals surface area contributed by atoms with Crippen molar-refractivity contribution in [2.45, 2.75) is 19.3 Å². The van der Waals surface area contributed by atoms with Gasteiger partial charge in [0.05, 0.1) is 0 Å². The zero-order chi connectivity index (χ0) is 12.3. The van der Waals surface area contributed by atoms with Crippen LogP contribution in [0.25, 0.3) is 0 Å². The topological polar surface area (TPSA) is 32.3 Å². The number of anilines is 1. The van der Waals surface area contributed by atoms with Crippen LogP contribution in [0.5, 0.6) is 0 Å². The Morgan fingerprint density at radius 2 is 1.65 bits per heavy atom. The number of halogens is 2. The van der Waals surface area contributed by atoms with Crippen LogP contribution in [0.1, 0.15) is 19.3 Å². The van der Waals surface area contributed by atoms with Gasteiger partial charge >= 0.3 is 6.03 Å². The van der Waals surface area contributed by atoms with Gasteiger partial charge in [0.2, 0.25) is 0 Å². The molecule has 1 saturated heterocycles. The van der Waals surface area contributed by atoms with Gasteiger partial charge in [-0.2, -0.15) is 0 Å². The number of piperidine rings is 1. The van der Waals surface area contributed by atoms with Gasteiger partial charge < -0.3 is 10.2 Å². The fraction of sp³-hybridized carbons (Fsp3) is 0.417. The van der Waals surface area contributed by atoms with Gasteiger partial charge in [-0.25, -0.2) is 13.6 Å². The van der Waals surface area contributed by atoms with Crippen molar-refractivity contribution in [3.63, 3.8) is 0 Å². The average molecular weight is 240 g/mol. The molecule has 1 aliphatic rings. The second-order valence-electron chi connectivity index (χ2n) is 4.14. The van der Waals surface area contributed by atoms with E-state index in [1.807, 2.05) is 0 Å². The predicted molar refractivity (Wildman–Crippen MR) is 60.8 cm³/mol. The number of benzene rings is 1. The minimum atomic E-state index is -0.695. The molecule has 1 fully saturated rings. The van der Waals surface area contributed by atoms with E-state index in [1.165, 1.54) is 0 Å². The molecule has 17 heavy (non-hydrogen) atoms. The molecule has 1 aromatic carbocycles. The smallest absolute Gasteiger partial charge is 0.321 e. The highest BCUT2D eigenvalue weighted by Crippen LogP contribution is 2.15. The summed E-state index contributed by atoms with van der Waals surface area (Å²) in [7, 11) is 0. The van der Waals surface area contributed by atoms with E-state index >= 15 is 0 Å². The van der Waals surface area contributed by atoms with Crippen molar-refractivity contribution in [3.8, 4) is 0 Å². The van der Waals surface area contributed by atoms with Gasteiger partial charge in [0, 0.05) is 24.8 Å². The maximum Gasteiger partial charge on any atom is 0.321 e. The van der Waals surface area contributed by atoms with Crippen LogP contribution in [0.3, 0.4) is 0 Å². The number of urea groups is 1. The van der Waals surface area contributed by atoms with Crippen molar-refractivity contribution in [3.05, 3.63) is 29.8 Å². The zero-order valence-electron chi connectivity index (χ0n) is 9.38. The quantitative estimate of drug-likeness (QED) is 0.804. The van der Waals surface area contributed by atoms with Crippen molar-refractivity contribution < 1.29 is 13.6 Å². The van der Waals surface area contributed by atoms with E-state index in [4.69, 9.17) is 0 Å². The summed E-state index contributed by atoms with van der Waals surface area (Å²) in [6.45, 7) is 1.40. The highest BCUT2D eigenvalue weighted by Gasteiger charge is 2.16. The van der Waals surface area contributed by atoms with E-state index in [-0.39, 0.29) is 11.7 Å². The van der Waals surface area contributed by atoms with Crippen LogP contribution in [0.15, 0.2) is 18.2 Å². The van der Waals surface area contributed by atoms with Crippen molar-refractivity contribution in [2.75, 3.05) is 18.4 Å². The monoisotopic (exact) mass is 240 g/mol. The van der Waals surface area contributed by atoms with E-state index in [9.17, 15) is 13.6 Å². The van der Waals surface area contributed by atoms with E-state index < -0.39 is 11.6 Å². The lowest BCUT2D eigenvalue weighted by atomic mass is 10.1. The number of hydrogen-bond acceptors (Lipinski definition) is 1. The molecule has 3 nitrogen and oxygen atoms in total. The Bertz CT molecular complexity index is 397. The molecular formula is C12H14F2N2O. The largest absolute Gasteiger partial charge is 0.325 e. The SMILES string of the molecule is O=C(Nc1cc(F)cc(F)c1)N1CCCCC1. The van der Waals surface area contributed by atoms with Crippen LogP contribution < -0.4 is 5.32 Å². The summed E-state index contributed by atoms with van der Waals surface area (Å²) in [5, 5.41) is 2.50. The molecule has 1 aliphatic heterocycles. The van der Waals surface area contributed by atoms with Crippen molar-refractivity contribution in [1.82, 2.24) is 4.90 Å². The molecule has 1 aromatic rings. The molecule has 1 N–H and O–H groups in total. The Morgan fingerprint density at radius 3 is 2.24 bits per heavy atom. The first-order valence-corrected chi connectivity index (χ1v) is 5.67. The third-order valence-electron chi connectivity index (χ3n) is 2.76.